The first-order valence-electron chi connectivity index (χ1n) is 10.1. The molecule has 0 aliphatic heterocycles. The molecule has 0 atom stereocenters. The van der Waals surface area contributed by atoms with Gasteiger partial charge in [-0.2, -0.15) is 10.1 Å². The quantitative estimate of drug-likeness (QED) is 0.357. The van der Waals surface area contributed by atoms with E-state index in [0.717, 1.165) is 21.4 Å². The van der Waals surface area contributed by atoms with Crippen molar-refractivity contribution in [3.63, 3.8) is 0 Å². The zero-order valence-corrected chi connectivity index (χ0v) is 18.1. The van der Waals surface area contributed by atoms with Crippen molar-refractivity contribution in [3.05, 3.63) is 86.6 Å². The number of ether oxygens (including phenoxy) is 1. The van der Waals surface area contributed by atoms with Crippen LogP contribution in [0.3, 0.4) is 0 Å². The number of fused-ring (bicyclic) bond motifs is 1. The Morgan fingerprint density at radius 3 is 2.44 bits per heavy atom. The molecule has 4 rings (SSSR count). The molecule has 0 bridgehead atoms. The first-order chi connectivity index (χ1) is 15.5. The lowest BCUT2D eigenvalue weighted by molar-refractivity contribution is 0.415. The predicted octanol–water partition coefficient (Wildman–Crippen LogP) is 2.13. The topological polar surface area (TPSA) is 95.4 Å². The lowest BCUT2D eigenvalue weighted by atomic mass is 10.1. The largest absolute Gasteiger partial charge is 0.497 e. The van der Waals surface area contributed by atoms with Crippen molar-refractivity contribution in [1.29, 1.82) is 0 Å². The van der Waals surface area contributed by atoms with Crippen LogP contribution >= 0.6 is 0 Å². The van der Waals surface area contributed by atoms with Gasteiger partial charge in [0.05, 0.1) is 13.3 Å². The molecule has 9 heteroatoms. The van der Waals surface area contributed by atoms with Crippen molar-refractivity contribution in [3.8, 4) is 5.75 Å². The predicted molar refractivity (Wildman–Crippen MR) is 125 cm³/mol. The second-order valence-electron chi connectivity index (χ2n) is 7.34. The fourth-order valence-corrected chi connectivity index (χ4v) is 3.49. The minimum atomic E-state index is -0.427. The number of hydrazone groups is 1. The van der Waals surface area contributed by atoms with E-state index in [2.05, 4.69) is 15.5 Å². The van der Waals surface area contributed by atoms with Crippen LogP contribution in [0.2, 0.25) is 0 Å². The van der Waals surface area contributed by atoms with Crippen LogP contribution in [0.25, 0.3) is 11.2 Å². The van der Waals surface area contributed by atoms with E-state index in [1.54, 1.807) is 24.9 Å². The molecule has 0 saturated carbocycles. The number of methoxy groups -OCH3 is 1. The lowest BCUT2D eigenvalue weighted by Crippen LogP contribution is -2.37. The maximum Gasteiger partial charge on any atom is 0.332 e. The van der Waals surface area contributed by atoms with E-state index >= 15 is 0 Å². The highest BCUT2D eigenvalue weighted by atomic mass is 16.5. The summed E-state index contributed by atoms with van der Waals surface area (Å²) in [6, 6.07) is 17.4. The first-order valence-corrected chi connectivity index (χ1v) is 10.1. The highest BCUT2D eigenvalue weighted by Crippen LogP contribution is 2.17. The van der Waals surface area contributed by atoms with Gasteiger partial charge >= 0.3 is 5.69 Å². The molecule has 1 N–H and O–H groups in total. The molecule has 0 radical (unpaired) electrons. The number of nitrogens with one attached hydrogen (secondary N) is 1. The molecule has 0 unspecified atom stereocenters. The lowest BCUT2D eigenvalue weighted by Gasteiger charge is -2.09. The number of hydrogen-bond acceptors (Lipinski definition) is 6. The molecule has 9 nitrogen and oxygen atoms in total. The van der Waals surface area contributed by atoms with E-state index in [4.69, 9.17) is 4.74 Å². The molecule has 0 fully saturated rings. The van der Waals surface area contributed by atoms with E-state index in [1.807, 2.05) is 54.6 Å². The normalized spacial score (nSPS) is 11.3. The molecule has 0 saturated heterocycles. The zero-order valence-electron chi connectivity index (χ0n) is 18.1. The Bertz CT molecular complexity index is 1380. The maximum absolute atomic E-state index is 12.9. The minimum absolute atomic E-state index is 0.313. The molecule has 4 aromatic rings. The Labute approximate surface area is 184 Å². The van der Waals surface area contributed by atoms with Crippen LogP contribution in [-0.2, 0) is 27.1 Å². The Hall–Kier alpha value is -4.14. The number of rotatable bonds is 7. The monoisotopic (exact) mass is 432 g/mol. The molecule has 2 heterocycles. The molecular formula is C23H24N6O3. The van der Waals surface area contributed by atoms with Crippen LogP contribution < -0.4 is 21.4 Å². The van der Waals surface area contributed by atoms with Gasteiger partial charge < -0.3 is 9.30 Å². The number of aromatic nitrogens is 4. The molecule has 0 aliphatic rings. The smallest absolute Gasteiger partial charge is 0.332 e. The average Bonchev–Trinajstić information content (AvgIpc) is 3.19. The third-order valence-corrected chi connectivity index (χ3v) is 5.31. The van der Waals surface area contributed by atoms with Crippen LogP contribution in [0.4, 0.5) is 5.95 Å². The van der Waals surface area contributed by atoms with Crippen LogP contribution in [0.1, 0.15) is 11.1 Å². The Kier molecular flexibility index (Phi) is 5.89. The summed E-state index contributed by atoms with van der Waals surface area (Å²) < 4.78 is 9.40. The van der Waals surface area contributed by atoms with Gasteiger partial charge in [0.2, 0.25) is 5.95 Å². The van der Waals surface area contributed by atoms with E-state index in [0.29, 0.717) is 30.1 Å². The second kappa shape index (κ2) is 8.93. The summed E-state index contributed by atoms with van der Waals surface area (Å²) in [5.74, 6) is 1.15. The third kappa shape index (κ3) is 4.04. The van der Waals surface area contributed by atoms with E-state index in [1.165, 1.54) is 11.6 Å². The van der Waals surface area contributed by atoms with E-state index in [-0.39, 0.29) is 0 Å². The van der Waals surface area contributed by atoms with Gasteiger partial charge in [0.15, 0.2) is 11.2 Å². The van der Waals surface area contributed by atoms with E-state index < -0.39 is 11.2 Å². The van der Waals surface area contributed by atoms with Gasteiger partial charge in [0.25, 0.3) is 5.56 Å². The van der Waals surface area contributed by atoms with Crippen molar-refractivity contribution in [2.24, 2.45) is 19.2 Å². The van der Waals surface area contributed by atoms with Gasteiger partial charge in [-0.1, -0.05) is 30.3 Å². The van der Waals surface area contributed by atoms with Gasteiger partial charge in [-0.15, -0.1) is 0 Å². The van der Waals surface area contributed by atoms with E-state index in [9.17, 15) is 9.59 Å². The van der Waals surface area contributed by atoms with Crippen LogP contribution in [0.15, 0.2) is 69.3 Å². The molecule has 164 valence electrons. The highest BCUT2D eigenvalue weighted by molar-refractivity contribution is 5.80. The first kappa shape index (κ1) is 21.1. The van der Waals surface area contributed by atoms with Crippen LogP contribution in [-0.4, -0.2) is 32.0 Å². The van der Waals surface area contributed by atoms with Gasteiger partial charge in [-0.25, -0.2) is 10.2 Å². The summed E-state index contributed by atoms with van der Waals surface area (Å²) in [6.45, 7) is 0.494. The number of nitrogens with zero attached hydrogens (tertiary/aromatic N) is 5. The minimum Gasteiger partial charge on any atom is -0.497 e. The van der Waals surface area contributed by atoms with Gasteiger partial charge in [0.1, 0.15) is 5.75 Å². The van der Waals surface area contributed by atoms with Gasteiger partial charge in [-0.3, -0.25) is 13.9 Å². The number of anilines is 1. The average molecular weight is 432 g/mol. The number of aryl methyl sites for hydroxylation is 3. The third-order valence-electron chi connectivity index (χ3n) is 5.31. The molecular weight excluding hydrogens is 408 g/mol. The van der Waals surface area contributed by atoms with Crippen molar-refractivity contribution >= 4 is 23.3 Å². The summed E-state index contributed by atoms with van der Waals surface area (Å²) in [7, 11) is 4.68. The molecule has 2 aromatic carbocycles. The van der Waals surface area contributed by atoms with Crippen molar-refractivity contribution in [1.82, 2.24) is 18.7 Å². The molecule has 0 amide bonds. The van der Waals surface area contributed by atoms with Crippen molar-refractivity contribution in [2.45, 2.75) is 13.0 Å². The molecule has 32 heavy (non-hydrogen) atoms. The summed E-state index contributed by atoms with van der Waals surface area (Å²) in [5, 5.41) is 4.29. The summed E-state index contributed by atoms with van der Waals surface area (Å²) >= 11 is 0. The molecule has 0 spiro atoms. The van der Waals surface area contributed by atoms with Crippen molar-refractivity contribution < 1.29 is 4.74 Å². The fraction of sp³-hybridized carbons (Fsp3) is 0.217. The fourth-order valence-electron chi connectivity index (χ4n) is 3.49. The Morgan fingerprint density at radius 1 is 1.03 bits per heavy atom. The summed E-state index contributed by atoms with van der Waals surface area (Å²) in [4.78, 5) is 29.8. The van der Waals surface area contributed by atoms with Crippen molar-refractivity contribution in [2.75, 3.05) is 12.5 Å². The zero-order chi connectivity index (χ0) is 22.7. The van der Waals surface area contributed by atoms with Crippen LogP contribution in [0.5, 0.6) is 5.75 Å². The second-order valence-corrected chi connectivity index (χ2v) is 7.34. The number of hydrogen-bond donors (Lipinski definition) is 1. The number of benzene rings is 2. The standard InChI is InChI=1S/C23H24N6O3/c1-27-20-19(21(30)28(2)23(27)31)29(14-13-16-7-5-4-6-8-16)22(25-20)26-24-15-17-9-11-18(32-3)12-10-17/h4-12,15H,13-14H2,1-3H3,(H,25,26). The van der Waals surface area contributed by atoms with Gasteiger partial charge in [0, 0.05) is 20.6 Å². The maximum atomic E-state index is 12.9. The highest BCUT2D eigenvalue weighted by Gasteiger charge is 2.18. The Morgan fingerprint density at radius 2 is 1.75 bits per heavy atom. The molecule has 2 aromatic heterocycles. The van der Waals surface area contributed by atoms with Crippen LogP contribution in [0, 0.1) is 0 Å². The molecule has 0 aliphatic carbocycles. The summed E-state index contributed by atoms with van der Waals surface area (Å²) in [5.41, 5.74) is 4.78. The van der Waals surface area contributed by atoms with Gasteiger partial charge in [-0.05, 0) is 41.8 Å². The Balaban J connectivity index is 1.71. The number of imidazole rings is 1. The summed E-state index contributed by atoms with van der Waals surface area (Å²) in [6.07, 6.45) is 2.34. The SMILES string of the molecule is COc1ccc(C=NNc2nc3c(c(=O)n(C)c(=O)n3C)n2CCc2ccccc2)cc1.